The molecular formula is C16H25N3OS. The molecule has 2 unspecified atom stereocenters. The summed E-state index contributed by atoms with van der Waals surface area (Å²) in [6.45, 7) is 3.56. The Hall–Kier alpha value is -1.04. The first-order valence-electron chi connectivity index (χ1n) is 7.36. The van der Waals surface area contributed by atoms with Gasteiger partial charge in [-0.05, 0) is 57.9 Å². The van der Waals surface area contributed by atoms with E-state index in [1.807, 2.05) is 4.90 Å². The van der Waals surface area contributed by atoms with Gasteiger partial charge in [0.2, 0.25) is 5.91 Å². The minimum absolute atomic E-state index is 0.00516. The summed E-state index contributed by atoms with van der Waals surface area (Å²) in [5.74, 6) is 0.195. The first-order chi connectivity index (χ1) is 10.0. The van der Waals surface area contributed by atoms with Gasteiger partial charge in [-0.1, -0.05) is 12.1 Å². The zero-order valence-electron chi connectivity index (χ0n) is 13.3. The number of hydrogen-bond donors (Lipinski definition) is 1. The number of carbonyl (C=O) groups is 1. The van der Waals surface area contributed by atoms with Crippen LogP contribution in [0, 0.1) is 0 Å². The lowest BCUT2D eigenvalue weighted by atomic mass is 10.1. The molecule has 1 amide bonds. The van der Waals surface area contributed by atoms with E-state index in [2.05, 4.69) is 61.8 Å². The molecule has 116 valence electrons. The fourth-order valence-electron chi connectivity index (χ4n) is 2.67. The summed E-state index contributed by atoms with van der Waals surface area (Å²) in [5.41, 5.74) is 1.16. The van der Waals surface area contributed by atoms with Crippen molar-refractivity contribution in [3.8, 4) is 0 Å². The van der Waals surface area contributed by atoms with Gasteiger partial charge in [0.1, 0.15) is 6.17 Å². The van der Waals surface area contributed by atoms with Gasteiger partial charge in [0, 0.05) is 10.9 Å². The molecule has 0 saturated carbocycles. The molecule has 1 fully saturated rings. The first kappa shape index (κ1) is 16.3. The highest BCUT2D eigenvalue weighted by molar-refractivity contribution is 7.98. The molecule has 2 rings (SSSR count). The largest absolute Gasteiger partial charge is 0.319 e. The molecule has 1 aliphatic rings. The lowest BCUT2D eigenvalue weighted by molar-refractivity contribution is -0.130. The van der Waals surface area contributed by atoms with Crippen LogP contribution in [-0.2, 0) is 4.79 Å². The third-order valence-electron chi connectivity index (χ3n) is 3.91. The third kappa shape index (κ3) is 3.99. The summed E-state index contributed by atoms with van der Waals surface area (Å²) >= 11 is 1.73. The maximum absolute atomic E-state index is 12.2. The van der Waals surface area contributed by atoms with E-state index in [1.54, 1.807) is 11.8 Å². The molecule has 1 N–H and O–H groups in total. The molecule has 0 bridgehead atoms. The number of hydrogen-bond acceptors (Lipinski definition) is 4. The second-order valence-corrected chi connectivity index (χ2v) is 6.68. The summed E-state index contributed by atoms with van der Waals surface area (Å²) < 4.78 is 0. The van der Waals surface area contributed by atoms with Crippen LogP contribution in [0.4, 0.5) is 0 Å². The van der Waals surface area contributed by atoms with Gasteiger partial charge in [0.05, 0.1) is 6.54 Å². The van der Waals surface area contributed by atoms with Crippen LogP contribution < -0.4 is 5.32 Å². The SMILES string of the molecule is CSc1ccc(C2NCC(=O)N2C(C)CCN(C)C)cc1. The van der Waals surface area contributed by atoms with Crippen molar-refractivity contribution in [2.24, 2.45) is 0 Å². The van der Waals surface area contributed by atoms with E-state index in [4.69, 9.17) is 0 Å². The van der Waals surface area contributed by atoms with Crippen LogP contribution in [0.25, 0.3) is 0 Å². The Morgan fingerprint density at radius 3 is 2.62 bits per heavy atom. The topological polar surface area (TPSA) is 35.6 Å². The Morgan fingerprint density at radius 1 is 1.38 bits per heavy atom. The van der Waals surface area contributed by atoms with E-state index in [-0.39, 0.29) is 18.1 Å². The lowest BCUT2D eigenvalue weighted by Crippen LogP contribution is -2.39. The average molecular weight is 307 g/mol. The van der Waals surface area contributed by atoms with Crippen molar-refractivity contribution in [1.82, 2.24) is 15.1 Å². The maximum Gasteiger partial charge on any atom is 0.238 e. The molecule has 1 aromatic carbocycles. The second-order valence-electron chi connectivity index (χ2n) is 5.80. The molecule has 21 heavy (non-hydrogen) atoms. The first-order valence-corrected chi connectivity index (χ1v) is 8.58. The predicted molar refractivity (Wildman–Crippen MR) is 88.4 cm³/mol. The highest BCUT2D eigenvalue weighted by Gasteiger charge is 2.34. The van der Waals surface area contributed by atoms with Gasteiger partial charge in [-0.25, -0.2) is 0 Å². The van der Waals surface area contributed by atoms with Crippen LogP contribution in [0.5, 0.6) is 0 Å². The van der Waals surface area contributed by atoms with Crippen molar-refractivity contribution < 1.29 is 4.79 Å². The third-order valence-corrected chi connectivity index (χ3v) is 4.66. The number of thioether (sulfide) groups is 1. The number of rotatable bonds is 6. The van der Waals surface area contributed by atoms with Crippen molar-refractivity contribution in [2.75, 3.05) is 33.4 Å². The van der Waals surface area contributed by atoms with Crippen LogP contribution in [0.1, 0.15) is 25.1 Å². The Balaban J connectivity index is 2.11. The average Bonchev–Trinajstić information content (AvgIpc) is 2.86. The molecule has 1 heterocycles. The number of nitrogens with zero attached hydrogens (tertiary/aromatic N) is 2. The minimum atomic E-state index is 0.00516. The summed E-state index contributed by atoms with van der Waals surface area (Å²) in [4.78, 5) is 17.6. The van der Waals surface area contributed by atoms with Crippen LogP contribution in [-0.4, -0.2) is 55.2 Å². The van der Waals surface area contributed by atoms with Gasteiger partial charge < -0.3 is 9.80 Å². The maximum atomic E-state index is 12.2. The van der Waals surface area contributed by atoms with E-state index >= 15 is 0 Å². The van der Waals surface area contributed by atoms with Crippen molar-refractivity contribution >= 4 is 17.7 Å². The van der Waals surface area contributed by atoms with Gasteiger partial charge in [-0.2, -0.15) is 0 Å². The molecule has 1 aromatic rings. The number of carbonyl (C=O) groups excluding carboxylic acids is 1. The molecule has 0 radical (unpaired) electrons. The van der Waals surface area contributed by atoms with Gasteiger partial charge >= 0.3 is 0 Å². The zero-order valence-corrected chi connectivity index (χ0v) is 14.1. The van der Waals surface area contributed by atoms with Crippen molar-refractivity contribution in [3.05, 3.63) is 29.8 Å². The predicted octanol–water partition coefficient (Wildman–Crippen LogP) is 2.18. The van der Waals surface area contributed by atoms with Crippen LogP contribution >= 0.6 is 11.8 Å². The minimum Gasteiger partial charge on any atom is -0.319 e. The molecule has 5 heteroatoms. The lowest BCUT2D eigenvalue weighted by Gasteiger charge is -2.31. The highest BCUT2D eigenvalue weighted by atomic mass is 32.2. The molecule has 1 aliphatic heterocycles. The van der Waals surface area contributed by atoms with E-state index in [0.29, 0.717) is 6.54 Å². The Kier molecular flexibility index (Phi) is 5.67. The molecule has 0 aliphatic carbocycles. The smallest absolute Gasteiger partial charge is 0.238 e. The van der Waals surface area contributed by atoms with E-state index < -0.39 is 0 Å². The van der Waals surface area contributed by atoms with Gasteiger partial charge in [0.15, 0.2) is 0 Å². The van der Waals surface area contributed by atoms with Crippen LogP contribution in [0.3, 0.4) is 0 Å². The normalized spacial score (nSPS) is 20.3. The Morgan fingerprint density at radius 2 is 2.05 bits per heavy atom. The van der Waals surface area contributed by atoms with Crippen molar-refractivity contribution in [2.45, 2.75) is 30.4 Å². The fourth-order valence-corrected chi connectivity index (χ4v) is 3.07. The number of benzene rings is 1. The van der Waals surface area contributed by atoms with Gasteiger partial charge in [-0.15, -0.1) is 11.8 Å². The molecule has 1 saturated heterocycles. The molecule has 2 atom stereocenters. The summed E-state index contributed by atoms with van der Waals surface area (Å²) in [5, 5.41) is 3.33. The summed E-state index contributed by atoms with van der Waals surface area (Å²) in [7, 11) is 4.13. The standard InChI is InChI=1S/C16H25N3OS/c1-12(9-10-18(2)3)19-15(20)11-17-16(19)13-5-7-14(21-4)8-6-13/h5-8,12,16-17H,9-11H2,1-4H3. The van der Waals surface area contributed by atoms with Crippen LogP contribution in [0.2, 0.25) is 0 Å². The Labute approximate surface area is 131 Å². The van der Waals surface area contributed by atoms with E-state index in [1.165, 1.54) is 4.90 Å². The second kappa shape index (κ2) is 7.29. The van der Waals surface area contributed by atoms with Crippen LogP contribution in [0.15, 0.2) is 29.2 Å². The molecule has 0 spiro atoms. The fraction of sp³-hybridized carbons (Fsp3) is 0.562. The van der Waals surface area contributed by atoms with Crippen molar-refractivity contribution in [3.63, 3.8) is 0 Å². The van der Waals surface area contributed by atoms with E-state index in [9.17, 15) is 4.79 Å². The summed E-state index contributed by atoms with van der Waals surface area (Å²) in [6.07, 6.45) is 3.06. The van der Waals surface area contributed by atoms with Gasteiger partial charge in [0.25, 0.3) is 0 Å². The molecule has 4 nitrogen and oxygen atoms in total. The zero-order chi connectivity index (χ0) is 15.4. The molecule has 0 aromatic heterocycles. The monoisotopic (exact) mass is 307 g/mol. The number of amides is 1. The van der Waals surface area contributed by atoms with Crippen molar-refractivity contribution in [1.29, 1.82) is 0 Å². The quantitative estimate of drug-likeness (QED) is 0.817. The molecular weight excluding hydrogens is 282 g/mol. The number of nitrogens with one attached hydrogen (secondary N) is 1. The highest BCUT2D eigenvalue weighted by Crippen LogP contribution is 2.27. The summed E-state index contributed by atoms with van der Waals surface area (Å²) in [6, 6.07) is 8.71. The van der Waals surface area contributed by atoms with E-state index in [0.717, 1.165) is 18.5 Å². The Bertz CT molecular complexity index is 475. The van der Waals surface area contributed by atoms with Gasteiger partial charge in [-0.3, -0.25) is 10.1 Å².